The first-order valence-corrected chi connectivity index (χ1v) is 11.8. The summed E-state index contributed by atoms with van der Waals surface area (Å²) >= 11 is 0. The van der Waals surface area contributed by atoms with Gasteiger partial charge in [0.15, 0.2) is 0 Å². The molecule has 31 heavy (non-hydrogen) atoms. The summed E-state index contributed by atoms with van der Waals surface area (Å²) in [6.45, 7) is 1.91. The minimum atomic E-state index is -3.51. The number of hydrogen-bond acceptors (Lipinski definition) is 5. The minimum absolute atomic E-state index is 0.0118. The van der Waals surface area contributed by atoms with Crippen molar-refractivity contribution in [2.75, 3.05) is 15.8 Å². The molecular formula is C22H23N5O3S. The van der Waals surface area contributed by atoms with Crippen molar-refractivity contribution in [1.29, 1.82) is 5.26 Å². The van der Waals surface area contributed by atoms with Crippen LogP contribution >= 0.6 is 0 Å². The number of nitrogens with one attached hydrogen (secondary N) is 3. The van der Waals surface area contributed by atoms with Gasteiger partial charge in [-0.1, -0.05) is 6.07 Å². The predicted molar refractivity (Wildman–Crippen MR) is 120 cm³/mol. The zero-order valence-corrected chi connectivity index (χ0v) is 17.9. The van der Waals surface area contributed by atoms with Crippen molar-refractivity contribution in [1.82, 2.24) is 9.97 Å². The third kappa shape index (κ3) is 4.86. The number of rotatable bonds is 8. The number of hydrogen-bond donors (Lipinski definition) is 3. The first-order chi connectivity index (χ1) is 14.9. The molecule has 1 aliphatic carbocycles. The lowest BCUT2D eigenvalue weighted by atomic mass is 9.98. The van der Waals surface area contributed by atoms with E-state index in [1.807, 2.05) is 31.2 Å². The Hall–Kier alpha value is -3.38. The molecule has 3 aromatic rings. The number of pyridine rings is 1. The van der Waals surface area contributed by atoms with Crippen molar-refractivity contribution in [3.05, 3.63) is 42.1 Å². The van der Waals surface area contributed by atoms with Crippen LogP contribution in [0, 0.1) is 24.2 Å². The van der Waals surface area contributed by atoms with Crippen LogP contribution in [0.2, 0.25) is 0 Å². The van der Waals surface area contributed by atoms with E-state index in [-0.39, 0.29) is 24.0 Å². The average molecular weight is 438 g/mol. The molecule has 0 atom stereocenters. The Morgan fingerprint density at radius 3 is 2.77 bits per heavy atom. The summed E-state index contributed by atoms with van der Waals surface area (Å²) in [5.41, 5.74) is 3.84. The van der Waals surface area contributed by atoms with E-state index in [1.165, 1.54) is 0 Å². The normalized spacial score (nSPS) is 13.7. The maximum atomic E-state index is 12.2. The van der Waals surface area contributed by atoms with Crippen LogP contribution in [-0.2, 0) is 14.8 Å². The maximum absolute atomic E-state index is 12.2. The molecule has 9 heteroatoms. The first-order valence-electron chi connectivity index (χ1n) is 10.1. The van der Waals surface area contributed by atoms with Crippen LogP contribution < -0.4 is 10.0 Å². The highest BCUT2D eigenvalue weighted by Crippen LogP contribution is 2.35. The molecule has 1 saturated carbocycles. The summed E-state index contributed by atoms with van der Waals surface area (Å²) in [6, 6.07) is 11.1. The molecule has 0 radical (unpaired) electrons. The van der Waals surface area contributed by atoms with Gasteiger partial charge in [-0.05, 0) is 67.1 Å². The zero-order chi connectivity index (χ0) is 22.0. The number of unbranched alkanes of at least 4 members (excludes halogenated alkanes) is 1. The lowest BCUT2D eigenvalue weighted by molar-refractivity contribution is -0.117. The first kappa shape index (κ1) is 20.9. The van der Waals surface area contributed by atoms with Crippen molar-refractivity contribution >= 4 is 38.5 Å². The van der Waals surface area contributed by atoms with Crippen molar-refractivity contribution in [3.8, 4) is 17.2 Å². The van der Waals surface area contributed by atoms with E-state index >= 15 is 0 Å². The highest BCUT2D eigenvalue weighted by Gasteiger charge is 2.30. The number of H-pyrrole nitrogens is 1. The van der Waals surface area contributed by atoms with Gasteiger partial charge >= 0.3 is 0 Å². The summed E-state index contributed by atoms with van der Waals surface area (Å²) in [4.78, 5) is 19.8. The van der Waals surface area contributed by atoms with E-state index < -0.39 is 10.0 Å². The fourth-order valence-corrected chi connectivity index (χ4v) is 4.61. The number of anilines is 2. The van der Waals surface area contributed by atoms with Crippen LogP contribution in [0.5, 0.6) is 0 Å². The summed E-state index contributed by atoms with van der Waals surface area (Å²) in [5.74, 6) is 0.456. The van der Waals surface area contributed by atoms with Gasteiger partial charge < -0.3 is 10.3 Å². The fraction of sp³-hybridized carbons (Fsp3) is 0.318. The third-order valence-electron chi connectivity index (χ3n) is 5.22. The molecule has 0 aliphatic heterocycles. The smallest absolute Gasteiger partial charge is 0.232 e. The molecule has 160 valence electrons. The number of aromatic nitrogens is 2. The van der Waals surface area contributed by atoms with Crippen LogP contribution in [0.3, 0.4) is 0 Å². The molecule has 8 nitrogen and oxygen atoms in total. The second kappa shape index (κ2) is 8.40. The second-order valence-electron chi connectivity index (χ2n) is 7.77. The number of carbonyl (C=O) groups excluding carboxylic acids is 1. The largest absolute Gasteiger partial charge is 0.346 e. The van der Waals surface area contributed by atoms with Crippen LogP contribution in [0.1, 0.15) is 31.2 Å². The number of benzene rings is 1. The van der Waals surface area contributed by atoms with Crippen LogP contribution in [0.4, 0.5) is 11.5 Å². The molecule has 3 N–H and O–H groups in total. The van der Waals surface area contributed by atoms with Crippen molar-refractivity contribution in [2.24, 2.45) is 5.92 Å². The van der Waals surface area contributed by atoms with Crippen LogP contribution in [-0.4, -0.2) is 30.0 Å². The monoisotopic (exact) mass is 437 g/mol. The molecule has 2 heterocycles. The van der Waals surface area contributed by atoms with E-state index in [1.54, 1.807) is 18.3 Å². The summed E-state index contributed by atoms with van der Waals surface area (Å²) < 4.78 is 27.0. The van der Waals surface area contributed by atoms with Gasteiger partial charge in [0, 0.05) is 29.6 Å². The third-order valence-corrected chi connectivity index (χ3v) is 6.59. The summed E-state index contributed by atoms with van der Waals surface area (Å²) in [5, 5.41) is 12.4. The Morgan fingerprint density at radius 2 is 2.06 bits per heavy atom. The summed E-state index contributed by atoms with van der Waals surface area (Å²) in [6.07, 6.45) is 4.12. The Kier molecular flexibility index (Phi) is 5.65. The number of fused-ring (bicyclic) bond motifs is 1. The number of aryl methyl sites for hydroxylation is 1. The Bertz CT molecular complexity index is 1290. The number of nitrogens with zero attached hydrogens (tertiary/aromatic N) is 2. The van der Waals surface area contributed by atoms with E-state index in [9.17, 15) is 13.2 Å². The van der Waals surface area contributed by atoms with Gasteiger partial charge in [-0.25, -0.2) is 13.4 Å². The highest BCUT2D eigenvalue weighted by atomic mass is 32.2. The number of aromatic amines is 1. The quantitative estimate of drug-likeness (QED) is 0.460. The van der Waals surface area contributed by atoms with E-state index in [0.717, 1.165) is 34.9 Å². The van der Waals surface area contributed by atoms with Gasteiger partial charge in [-0.3, -0.25) is 9.52 Å². The van der Waals surface area contributed by atoms with Gasteiger partial charge in [-0.15, -0.1) is 0 Å². The number of nitriles is 1. The molecule has 0 spiro atoms. The molecule has 0 unspecified atom stereocenters. The van der Waals surface area contributed by atoms with Gasteiger partial charge in [0.1, 0.15) is 11.5 Å². The van der Waals surface area contributed by atoms with E-state index in [2.05, 4.69) is 20.0 Å². The second-order valence-corrected chi connectivity index (χ2v) is 9.61. The molecule has 4 rings (SSSR count). The average Bonchev–Trinajstić information content (AvgIpc) is 3.46. The Morgan fingerprint density at radius 1 is 1.26 bits per heavy atom. The van der Waals surface area contributed by atoms with Gasteiger partial charge in [0.2, 0.25) is 15.9 Å². The Labute approximate surface area is 180 Å². The van der Waals surface area contributed by atoms with Crippen molar-refractivity contribution in [2.45, 2.75) is 32.6 Å². The topological polar surface area (TPSA) is 128 Å². The standard InChI is InChI=1S/C22H23N5O3S/c1-14-12-16(27-31(29,30)11-3-2-9-23)6-7-17(14)19-13-20(26-22(28)15-4-5-15)25-21-18(19)8-10-24-21/h6-8,10,12-13,15,27H,2-5,11H2,1H3,(H2,24,25,26,28). The van der Waals surface area contributed by atoms with E-state index in [4.69, 9.17) is 5.26 Å². The molecule has 0 bridgehead atoms. The number of carbonyl (C=O) groups is 1. The molecule has 0 saturated heterocycles. The van der Waals surface area contributed by atoms with Crippen LogP contribution in [0.15, 0.2) is 36.5 Å². The van der Waals surface area contributed by atoms with Crippen molar-refractivity contribution in [3.63, 3.8) is 0 Å². The molecular weight excluding hydrogens is 414 g/mol. The van der Waals surface area contributed by atoms with E-state index in [0.29, 0.717) is 23.6 Å². The molecule has 1 aromatic carbocycles. The number of sulfonamides is 1. The SMILES string of the molecule is Cc1cc(NS(=O)(=O)CCCC#N)ccc1-c1cc(NC(=O)C2CC2)nc2[nH]ccc12. The predicted octanol–water partition coefficient (Wildman–Crippen LogP) is 3.93. The van der Waals surface area contributed by atoms with Gasteiger partial charge in [0.25, 0.3) is 0 Å². The van der Waals surface area contributed by atoms with Crippen LogP contribution in [0.25, 0.3) is 22.2 Å². The lowest BCUT2D eigenvalue weighted by Crippen LogP contribution is -2.16. The summed E-state index contributed by atoms with van der Waals surface area (Å²) in [7, 11) is -3.51. The Balaban J connectivity index is 1.62. The fourth-order valence-electron chi connectivity index (χ4n) is 3.50. The highest BCUT2D eigenvalue weighted by molar-refractivity contribution is 7.92. The maximum Gasteiger partial charge on any atom is 0.232 e. The van der Waals surface area contributed by atoms with Gasteiger partial charge in [-0.2, -0.15) is 5.26 Å². The zero-order valence-electron chi connectivity index (χ0n) is 17.1. The molecule has 1 aliphatic rings. The lowest BCUT2D eigenvalue weighted by Gasteiger charge is -2.13. The van der Waals surface area contributed by atoms with Gasteiger partial charge in [0.05, 0.1) is 11.8 Å². The molecule has 1 fully saturated rings. The molecule has 2 aromatic heterocycles. The van der Waals surface area contributed by atoms with Crippen molar-refractivity contribution < 1.29 is 13.2 Å². The minimum Gasteiger partial charge on any atom is -0.346 e. The number of amides is 1. The molecule has 1 amide bonds.